The molecule has 5 nitrogen and oxygen atoms in total. The van der Waals surface area contributed by atoms with Crippen molar-refractivity contribution >= 4 is 5.96 Å². The van der Waals surface area contributed by atoms with E-state index in [1.165, 1.54) is 5.56 Å². The summed E-state index contributed by atoms with van der Waals surface area (Å²) >= 11 is 0. The number of nitrogens with zero attached hydrogens (tertiary/aromatic N) is 3. The Labute approximate surface area is 159 Å². The van der Waals surface area contributed by atoms with E-state index < -0.39 is 0 Å². The minimum Gasteiger partial charge on any atom is -0.382 e. The van der Waals surface area contributed by atoms with E-state index in [1.807, 2.05) is 14.0 Å². The third kappa shape index (κ3) is 6.29. The van der Waals surface area contributed by atoms with Crippen LogP contribution in [0.3, 0.4) is 0 Å². The fraction of sp³-hybridized carbons (Fsp3) is 0.667. The average molecular weight is 361 g/mol. The zero-order valence-corrected chi connectivity index (χ0v) is 16.8. The van der Waals surface area contributed by atoms with E-state index in [0.717, 1.165) is 71.2 Å². The van der Waals surface area contributed by atoms with Gasteiger partial charge in [0.05, 0.1) is 0 Å². The van der Waals surface area contributed by atoms with Gasteiger partial charge < -0.3 is 15.0 Å². The second kappa shape index (κ2) is 11.9. The van der Waals surface area contributed by atoms with Crippen molar-refractivity contribution in [3.8, 4) is 0 Å². The van der Waals surface area contributed by atoms with Gasteiger partial charge in [0.2, 0.25) is 0 Å². The highest BCUT2D eigenvalue weighted by atomic mass is 16.5. The Morgan fingerprint density at radius 1 is 1.12 bits per heavy atom. The molecule has 5 heteroatoms. The topological polar surface area (TPSA) is 40.1 Å². The summed E-state index contributed by atoms with van der Waals surface area (Å²) in [6, 6.07) is 11.4. The number of piperazine rings is 1. The smallest absolute Gasteiger partial charge is 0.193 e. The van der Waals surface area contributed by atoms with Crippen LogP contribution in [0, 0.1) is 0 Å². The molecule has 0 amide bonds. The fourth-order valence-corrected chi connectivity index (χ4v) is 3.63. The van der Waals surface area contributed by atoms with Crippen molar-refractivity contribution in [1.82, 2.24) is 15.1 Å². The van der Waals surface area contributed by atoms with Gasteiger partial charge in [-0.3, -0.25) is 9.89 Å². The van der Waals surface area contributed by atoms with Crippen LogP contribution in [0.2, 0.25) is 0 Å². The van der Waals surface area contributed by atoms with Gasteiger partial charge in [0.15, 0.2) is 5.96 Å². The van der Waals surface area contributed by atoms with Crippen LogP contribution in [0.5, 0.6) is 0 Å². The highest BCUT2D eigenvalue weighted by Crippen LogP contribution is 2.25. The van der Waals surface area contributed by atoms with Crippen LogP contribution in [0.25, 0.3) is 0 Å². The van der Waals surface area contributed by atoms with Crippen molar-refractivity contribution in [2.45, 2.75) is 39.2 Å². The first kappa shape index (κ1) is 20.7. The van der Waals surface area contributed by atoms with Crippen molar-refractivity contribution < 1.29 is 4.74 Å². The molecule has 26 heavy (non-hydrogen) atoms. The molecule has 1 saturated heterocycles. The van der Waals surface area contributed by atoms with Crippen molar-refractivity contribution in [3.05, 3.63) is 35.9 Å². The summed E-state index contributed by atoms with van der Waals surface area (Å²) in [5.74, 6) is 1.04. The molecule has 1 atom stereocenters. The molecule has 1 fully saturated rings. The molecule has 1 aromatic carbocycles. The van der Waals surface area contributed by atoms with Gasteiger partial charge in [-0.05, 0) is 31.7 Å². The molecule has 0 aliphatic carbocycles. The van der Waals surface area contributed by atoms with Crippen molar-refractivity contribution in [2.24, 2.45) is 4.99 Å². The van der Waals surface area contributed by atoms with Crippen LogP contribution in [0.4, 0.5) is 0 Å². The molecule has 0 spiro atoms. The van der Waals surface area contributed by atoms with E-state index in [1.54, 1.807) is 0 Å². The van der Waals surface area contributed by atoms with Gasteiger partial charge in [-0.15, -0.1) is 0 Å². The van der Waals surface area contributed by atoms with Gasteiger partial charge in [-0.25, -0.2) is 0 Å². The maximum atomic E-state index is 5.39. The molecule has 0 radical (unpaired) electrons. The molecule has 1 aliphatic rings. The normalized spacial score (nSPS) is 17.3. The van der Waals surface area contributed by atoms with E-state index in [0.29, 0.717) is 6.04 Å². The summed E-state index contributed by atoms with van der Waals surface area (Å²) in [5, 5.41) is 3.51. The predicted octanol–water partition coefficient (Wildman–Crippen LogP) is 3.15. The Morgan fingerprint density at radius 3 is 2.46 bits per heavy atom. The van der Waals surface area contributed by atoms with Crippen LogP contribution in [-0.2, 0) is 4.74 Å². The van der Waals surface area contributed by atoms with Crippen molar-refractivity contribution in [1.29, 1.82) is 0 Å². The first-order valence-electron chi connectivity index (χ1n) is 10.1. The summed E-state index contributed by atoms with van der Waals surface area (Å²) in [5.41, 5.74) is 1.43. The van der Waals surface area contributed by atoms with Crippen molar-refractivity contribution in [3.63, 3.8) is 0 Å². The average Bonchev–Trinajstić information content (AvgIpc) is 2.70. The summed E-state index contributed by atoms with van der Waals surface area (Å²) < 4.78 is 5.39. The molecule has 1 aromatic rings. The van der Waals surface area contributed by atoms with Crippen LogP contribution < -0.4 is 5.32 Å². The molecule has 0 bridgehead atoms. The Balaban J connectivity index is 1.77. The van der Waals surface area contributed by atoms with E-state index in [2.05, 4.69) is 57.4 Å². The Bertz CT molecular complexity index is 512. The number of aliphatic imine (C=N–C) groups is 1. The van der Waals surface area contributed by atoms with E-state index in [9.17, 15) is 0 Å². The molecule has 146 valence electrons. The van der Waals surface area contributed by atoms with E-state index in [4.69, 9.17) is 4.74 Å². The Hall–Kier alpha value is -1.59. The van der Waals surface area contributed by atoms with E-state index in [-0.39, 0.29) is 0 Å². The van der Waals surface area contributed by atoms with Crippen LogP contribution in [0.1, 0.15) is 44.7 Å². The van der Waals surface area contributed by atoms with Gasteiger partial charge in [0.25, 0.3) is 0 Å². The fourth-order valence-electron chi connectivity index (χ4n) is 3.63. The van der Waals surface area contributed by atoms with Crippen LogP contribution in [-0.4, -0.2) is 68.7 Å². The number of ether oxygens (including phenoxy) is 1. The maximum absolute atomic E-state index is 5.39. The number of unbranched alkanes of at least 4 members (excludes halogenated alkanes) is 1. The van der Waals surface area contributed by atoms with Gasteiger partial charge >= 0.3 is 0 Å². The van der Waals surface area contributed by atoms with Gasteiger partial charge in [-0.2, -0.15) is 0 Å². The first-order valence-corrected chi connectivity index (χ1v) is 10.1. The second-order valence-corrected chi connectivity index (χ2v) is 6.74. The first-order chi connectivity index (χ1) is 12.8. The molecule has 1 heterocycles. The Kier molecular flexibility index (Phi) is 9.50. The number of nitrogens with one attached hydrogen (secondary N) is 1. The molecule has 0 aromatic heterocycles. The lowest BCUT2D eigenvalue weighted by Gasteiger charge is -2.40. The summed E-state index contributed by atoms with van der Waals surface area (Å²) in [4.78, 5) is 9.47. The van der Waals surface area contributed by atoms with E-state index >= 15 is 0 Å². The molecular weight excluding hydrogens is 324 g/mol. The van der Waals surface area contributed by atoms with Crippen LogP contribution in [0.15, 0.2) is 35.3 Å². The minimum atomic E-state index is 0.520. The SMILES string of the molecule is CCOCCCCNC(=NC)N1CCN(C(CC)c2ccccc2)CC1. The number of guanidine groups is 1. The number of hydrogen-bond acceptors (Lipinski definition) is 3. The monoisotopic (exact) mass is 360 g/mol. The van der Waals surface area contributed by atoms with Gasteiger partial charge in [0.1, 0.15) is 0 Å². The van der Waals surface area contributed by atoms with Gasteiger partial charge in [0, 0.05) is 59.0 Å². The zero-order valence-electron chi connectivity index (χ0n) is 16.8. The third-order valence-electron chi connectivity index (χ3n) is 5.04. The zero-order chi connectivity index (χ0) is 18.6. The molecule has 1 N–H and O–H groups in total. The molecule has 0 saturated carbocycles. The lowest BCUT2D eigenvalue weighted by Crippen LogP contribution is -2.53. The molecule has 1 aliphatic heterocycles. The molecule has 2 rings (SSSR count). The summed E-state index contributed by atoms with van der Waals surface area (Å²) in [6.07, 6.45) is 3.36. The lowest BCUT2D eigenvalue weighted by atomic mass is 10.0. The second-order valence-electron chi connectivity index (χ2n) is 6.74. The highest BCUT2D eigenvalue weighted by Gasteiger charge is 2.25. The molecule has 1 unspecified atom stereocenters. The highest BCUT2D eigenvalue weighted by molar-refractivity contribution is 5.79. The lowest BCUT2D eigenvalue weighted by molar-refractivity contribution is 0.126. The number of rotatable bonds is 9. The maximum Gasteiger partial charge on any atom is 0.193 e. The number of hydrogen-bond donors (Lipinski definition) is 1. The standard InChI is InChI=1S/C21H36N4O/c1-4-20(19-11-7-6-8-12-19)24-14-16-25(17-15-24)21(22-3)23-13-9-10-18-26-5-2/h6-8,11-12,20H,4-5,9-10,13-18H2,1-3H3,(H,22,23). The predicted molar refractivity (Wildman–Crippen MR) is 110 cm³/mol. The minimum absolute atomic E-state index is 0.520. The quantitative estimate of drug-likeness (QED) is 0.417. The number of benzene rings is 1. The summed E-state index contributed by atoms with van der Waals surface area (Å²) in [7, 11) is 1.88. The molecular formula is C21H36N4O. The third-order valence-corrected chi connectivity index (χ3v) is 5.04. The Morgan fingerprint density at radius 2 is 1.85 bits per heavy atom. The summed E-state index contributed by atoms with van der Waals surface area (Å²) in [6.45, 7) is 11.2. The van der Waals surface area contributed by atoms with Crippen molar-refractivity contribution in [2.75, 3.05) is 53.0 Å². The van der Waals surface area contributed by atoms with Crippen LogP contribution >= 0.6 is 0 Å². The largest absolute Gasteiger partial charge is 0.382 e. The van der Waals surface area contributed by atoms with Gasteiger partial charge in [-0.1, -0.05) is 37.3 Å².